The standard InChI is InChI=1S/C48H63N9/c1-19-49-20-2-26-53-45-15-9-38-10-16-46(34-41(38)33-45)55-28-5-23-51-24-6-30-57-48-18-12-39-11-17-47(35-42(39)36-48)56-29-4-22-50-21-3-27-54-44-14-8-37-7-13-43(52-25-1)31-40(37)32-44/h7-18,31-36,49-57H,1-6,19-30H2. The summed E-state index contributed by atoms with van der Waals surface area (Å²) in [5, 5.41) is 40.2. The average Bonchev–Trinajstić information content (AvgIpc) is 3.23. The molecule has 0 aromatic heterocycles. The fourth-order valence-electron chi connectivity index (χ4n) is 7.45. The molecule has 9 heteroatoms. The van der Waals surface area contributed by atoms with Crippen molar-refractivity contribution in [2.75, 3.05) is 110 Å². The van der Waals surface area contributed by atoms with E-state index >= 15 is 0 Å². The number of fused-ring (bicyclic) bond motifs is 6. The molecule has 0 saturated carbocycles. The molecule has 1 heterocycles. The first kappa shape index (κ1) is 40.0. The fraction of sp³-hybridized carbons (Fsp3) is 0.375. The minimum absolute atomic E-state index is 0.949. The zero-order chi connectivity index (χ0) is 38.7. The van der Waals surface area contributed by atoms with E-state index in [0.717, 1.165) is 117 Å². The Balaban J connectivity index is 0.895. The quantitative estimate of drug-likeness (QED) is 0.0749. The Bertz CT molecular complexity index is 1760. The predicted molar refractivity (Wildman–Crippen MR) is 249 cm³/mol. The summed E-state index contributed by atoms with van der Waals surface area (Å²) in [5.41, 5.74) is 7.06. The van der Waals surface area contributed by atoms with Crippen molar-refractivity contribution in [3.63, 3.8) is 0 Å². The maximum Gasteiger partial charge on any atom is 0.0346 e. The van der Waals surface area contributed by atoms with Crippen LogP contribution in [0, 0.1) is 0 Å². The topological polar surface area (TPSA) is 108 Å². The second kappa shape index (κ2) is 21.9. The van der Waals surface area contributed by atoms with E-state index in [1.54, 1.807) is 0 Å². The Kier molecular flexibility index (Phi) is 15.4. The smallest absolute Gasteiger partial charge is 0.0346 e. The van der Waals surface area contributed by atoms with E-state index in [-0.39, 0.29) is 0 Å². The first-order valence-corrected chi connectivity index (χ1v) is 21.4. The summed E-state index contributed by atoms with van der Waals surface area (Å²) in [5.74, 6) is 0. The molecule has 0 amide bonds. The molecule has 7 rings (SSSR count). The fourth-order valence-corrected chi connectivity index (χ4v) is 7.45. The van der Waals surface area contributed by atoms with Crippen LogP contribution in [0.1, 0.15) is 38.5 Å². The van der Waals surface area contributed by atoms with Gasteiger partial charge in [-0.2, -0.15) is 0 Å². The van der Waals surface area contributed by atoms with Crippen molar-refractivity contribution < 1.29 is 0 Å². The molecule has 0 radical (unpaired) electrons. The van der Waals surface area contributed by atoms with Gasteiger partial charge in [0.15, 0.2) is 0 Å². The minimum Gasteiger partial charge on any atom is -0.385 e. The normalized spacial score (nSPS) is 16.8. The highest BCUT2D eigenvalue weighted by Crippen LogP contribution is 2.25. The molecular formula is C48H63N9. The van der Waals surface area contributed by atoms with Gasteiger partial charge in [0.25, 0.3) is 0 Å². The third-order valence-corrected chi connectivity index (χ3v) is 10.7. The van der Waals surface area contributed by atoms with E-state index in [2.05, 4.69) is 157 Å². The lowest BCUT2D eigenvalue weighted by molar-refractivity contribution is 0.643. The molecule has 9 N–H and O–H groups in total. The summed E-state index contributed by atoms with van der Waals surface area (Å²) < 4.78 is 0. The molecule has 0 atom stereocenters. The molecule has 0 saturated heterocycles. The zero-order valence-electron chi connectivity index (χ0n) is 33.6. The number of nitrogens with one attached hydrogen (secondary N) is 9. The monoisotopic (exact) mass is 766 g/mol. The summed E-state index contributed by atoms with van der Waals surface area (Å²) in [7, 11) is 0. The lowest BCUT2D eigenvalue weighted by Gasteiger charge is -2.12. The SMILES string of the molecule is c1cc2ccc3cc2cc1NCCCNCCCNc1ccc2ccc(cc2c1)NCCCNCCCNc1ccc2ccc(cc2c1)NCCCNCCCN3. The van der Waals surface area contributed by atoms with E-state index in [4.69, 9.17) is 0 Å². The van der Waals surface area contributed by atoms with Gasteiger partial charge in [-0.1, -0.05) is 36.4 Å². The Labute approximate surface area is 339 Å². The first-order valence-electron chi connectivity index (χ1n) is 21.4. The summed E-state index contributed by atoms with van der Waals surface area (Å²) in [6, 6.07) is 40.0. The van der Waals surface area contributed by atoms with Gasteiger partial charge in [0.1, 0.15) is 0 Å². The Morgan fingerprint density at radius 3 is 0.596 bits per heavy atom. The van der Waals surface area contributed by atoms with Crippen molar-refractivity contribution in [1.82, 2.24) is 16.0 Å². The molecule has 0 unspecified atom stereocenters. The summed E-state index contributed by atoms with van der Waals surface area (Å²) in [6.45, 7) is 11.7. The van der Waals surface area contributed by atoms with Gasteiger partial charge in [0.2, 0.25) is 0 Å². The van der Waals surface area contributed by atoms with Gasteiger partial charge >= 0.3 is 0 Å². The molecule has 0 fully saturated rings. The van der Waals surface area contributed by atoms with Crippen LogP contribution in [0.4, 0.5) is 34.1 Å². The molecule has 1 aliphatic rings. The molecule has 6 aromatic carbocycles. The Morgan fingerprint density at radius 1 is 0.211 bits per heavy atom. The van der Waals surface area contributed by atoms with Gasteiger partial charge in [0.05, 0.1) is 0 Å². The summed E-state index contributed by atoms with van der Waals surface area (Å²) in [6.07, 6.45) is 6.49. The lowest BCUT2D eigenvalue weighted by Crippen LogP contribution is -2.21. The molecule has 300 valence electrons. The first-order chi connectivity index (χ1) is 28.2. The zero-order valence-corrected chi connectivity index (χ0v) is 33.6. The van der Waals surface area contributed by atoms with E-state index in [1.165, 1.54) is 66.4 Å². The predicted octanol–water partition coefficient (Wildman–Crippen LogP) is 9.14. The highest BCUT2D eigenvalue weighted by molar-refractivity contribution is 5.90. The van der Waals surface area contributed by atoms with E-state index < -0.39 is 0 Å². The van der Waals surface area contributed by atoms with Crippen molar-refractivity contribution in [2.24, 2.45) is 0 Å². The Hall–Kier alpha value is -5.22. The number of anilines is 6. The molecule has 0 spiro atoms. The number of hydrogen-bond donors (Lipinski definition) is 9. The molecule has 1 aliphatic heterocycles. The van der Waals surface area contributed by atoms with E-state index in [0.29, 0.717) is 0 Å². The molecular weight excluding hydrogens is 703 g/mol. The number of rotatable bonds is 0. The van der Waals surface area contributed by atoms with Crippen molar-refractivity contribution >= 4 is 66.4 Å². The van der Waals surface area contributed by atoms with Crippen molar-refractivity contribution in [3.05, 3.63) is 109 Å². The van der Waals surface area contributed by atoms with Gasteiger partial charge < -0.3 is 47.9 Å². The third-order valence-electron chi connectivity index (χ3n) is 10.7. The number of benzene rings is 6. The van der Waals surface area contributed by atoms with Gasteiger partial charge in [-0.25, -0.2) is 0 Å². The summed E-state index contributed by atoms with van der Waals surface area (Å²) >= 11 is 0. The second-order valence-corrected chi connectivity index (χ2v) is 15.3. The van der Waals surface area contributed by atoms with Crippen LogP contribution in [0.3, 0.4) is 0 Å². The second-order valence-electron chi connectivity index (χ2n) is 15.3. The highest BCUT2D eigenvalue weighted by atomic mass is 14.9. The maximum absolute atomic E-state index is 3.63. The van der Waals surface area contributed by atoms with Gasteiger partial charge in [0, 0.05) is 73.4 Å². The molecule has 6 aromatic rings. The van der Waals surface area contributed by atoms with Crippen molar-refractivity contribution in [1.29, 1.82) is 0 Å². The lowest BCUT2D eigenvalue weighted by atomic mass is 10.1. The summed E-state index contributed by atoms with van der Waals surface area (Å²) in [4.78, 5) is 0. The third kappa shape index (κ3) is 12.9. The van der Waals surface area contributed by atoms with Crippen molar-refractivity contribution in [2.45, 2.75) is 38.5 Å². The Morgan fingerprint density at radius 2 is 0.404 bits per heavy atom. The van der Waals surface area contributed by atoms with Crippen LogP contribution in [0.5, 0.6) is 0 Å². The van der Waals surface area contributed by atoms with Gasteiger partial charge in [-0.3, -0.25) is 0 Å². The molecule has 57 heavy (non-hydrogen) atoms. The van der Waals surface area contributed by atoms with E-state index in [1.807, 2.05) is 0 Å². The van der Waals surface area contributed by atoms with Crippen LogP contribution in [0.2, 0.25) is 0 Å². The maximum atomic E-state index is 3.63. The molecule has 0 aliphatic carbocycles. The van der Waals surface area contributed by atoms with Crippen LogP contribution < -0.4 is 47.9 Å². The van der Waals surface area contributed by atoms with Crippen LogP contribution in [0.15, 0.2) is 109 Å². The average molecular weight is 766 g/mol. The largest absolute Gasteiger partial charge is 0.385 e. The van der Waals surface area contributed by atoms with Crippen LogP contribution in [-0.2, 0) is 0 Å². The van der Waals surface area contributed by atoms with E-state index in [9.17, 15) is 0 Å². The van der Waals surface area contributed by atoms with Crippen LogP contribution >= 0.6 is 0 Å². The van der Waals surface area contributed by atoms with Crippen LogP contribution in [0.25, 0.3) is 32.3 Å². The highest BCUT2D eigenvalue weighted by Gasteiger charge is 2.03. The van der Waals surface area contributed by atoms with Gasteiger partial charge in [-0.05, 0) is 183 Å². The van der Waals surface area contributed by atoms with Gasteiger partial charge in [-0.15, -0.1) is 0 Å². The molecule has 9 bridgehead atoms. The minimum atomic E-state index is 0.949. The number of hydrogen-bond acceptors (Lipinski definition) is 9. The molecule has 9 nitrogen and oxygen atoms in total. The van der Waals surface area contributed by atoms with Crippen molar-refractivity contribution in [3.8, 4) is 0 Å². The van der Waals surface area contributed by atoms with Crippen LogP contribution in [-0.4, -0.2) is 78.5 Å².